The fourth-order valence-electron chi connectivity index (χ4n) is 4.18. The SMILES string of the molecule is C#CC(=O)Oc1ccc(OCOC)c(-c2cc3c(cc2C)C(C)(C)CCC3(C)C)c1. The Morgan fingerprint density at radius 1 is 1.03 bits per heavy atom. The van der Waals surface area contributed by atoms with E-state index < -0.39 is 5.97 Å². The largest absolute Gasteiger partial charge is 0.467 e. The van der Waals surface area contributed by atoms with Crippen LogP contribution in [0.15, 0.2) is 30.3 Å². The van der Waals surface area contributed by atoms with Gasteiger partial charge in [-0.3, -0.25) is 0 Å². The Morgan fingerprint density at radius 2 is 1.67 bits per heavy atom. The Balaban J connectivity index is 2.19. The highest BCUT2D eigenvalue weighted by Crippen LogP contribution is 2.48. The third kappa shape index (κ3) is 4.22. The van der Waals surface area contributed by atoms with E-state index in [2.05, 4.69) is 46.8 Å². The van der Waals surface area contributed by atoms with Crippen molar-refractivity contribution in [3.05, 3.63) is 47.0 Å². The van der Waals surface area contributed by atoms with Gasteiger partial charge in [-0.25, -0.2) is 4.79 Å². The molecular weight excluding hydrogens is 376 g/mol. The van der Waals surface area contributed by atoms with Crippen LogP contribution < -0.4 is 9.47 Å². The molecule has 4 nitrogen and oxygen atoms in total. The molecule has 0 bridgehead atoms. The van der Waals surface area contributed by atoms with Crippen LogP contribution in [-0.4, -0.2) is 19.9 Å². The van der Waals surface area contributed by atoms with E-state index in [1.54, 1.807) is 25.3 Å². The van der Waals surface area contributed by atoms with Gasteiger partial charge in [0, 0.05) is 18.6 Å². The molecule has 2 aromatic carbocycles. The number of fused-ring (bicyclic) bond motifs is 1. The van der Waals surface area contributed by atoms with Gasteiger partial charge in [-0.15, -0.1) is 6.42 Å². The van der Waals surface area contributed by atoms with Crippen LogP contribution in [0.3, 0.4) is 0 Å². The predicted molar refractivity (Wildman–Crippen MR) is 119 cm³/mol. The summed E-state index contributed by atoms with van der Waals surface area (Å²) in [5.41, 5.74) is 5.99. The van der Waals surface area contributed by atoms with E-state index in [1.807, 2.05) is 5.92 Å². The molecule has 0 saturated carbocycles. The van der Waals surface area contributed by atoms with Crippen molar-refractivity contribution in [1.29, 1.82) is 0 Å². The third-order valence-corrected chi connectivity index (χ3v) is 6.10. The van der Waals surface area contributed by atoms with Gasteiger partial charge in [-0.05, 0) is 77.1 Å². The van der Waals surface area contributed by atoms with Crippen molar-refractivity contribution < 1.29 is 19.0 Å². The smallest absolute Gasteiger partial charge is 0.389 e. The van der Waals surface area contributed by atoms with Gasteiger partial charge < -0.3 is 14.2 Å². The van der Waals surface area contributed by atoms with Crippen LogP contribution in [-0.2, 0) is 20.4 Å². The number of benzene rings is 2. The van der Waals surface area contributed by atoms with Crippen LogP contribution in [0.1, 0.15) is 57.2 Å². The minimum absolute atomic E-state index is 0.0778. The van der Waals surface area contributed by atoms with E-state index in [0.29, 0.717) is 11.5 Å². The summed E-state index contributed by atoms with van der Waals surface area (Å²) in [7, 11) is 1.58. The van der Waals surface area contributed by atoms with Gasteiger partial charge in [0.1, 0.15) is 11.5 Å². The average Bonchev–Trinajstić information content (AvgIpc) is 2.70. The van der Waals surface area contributed by atoms with Gasteiger partial charge in [-0.1, -0.05) is 33.8 Å². The van der Waals surface area contributed by atoms with Crippen LogP contribution in [0.25, 0.3) is 11.1 Å². The lowest BCUT2D eigenvalue weighted by atomic mass is 9.62. The van der Waals surface area contributed by atoms with Gasteiger partial charge in [0.2, 0.25) is 0 Å². The molecule has 0 unspecified atom stereocenters. The molecule has 0 radical (unpaired) electrons. The highest BCUT2D eigenvalue weighted by Gasteiger charge is 2.37. The summed E-state index contributed by atoms with van der Waals surface area (Å²) >= 11 is 0. The van der Waals surface area contributed by atoms with Gasteiger partial charge in [0.05, 0.1) is 0 Å². The Kier molecular flexibility index (Phi) is 5.97. The Bertz CT molecular complexity index is 1010. The van der Waals surface area contributed by atoms with Crippen molar-refractivity contribution in [2.75, 3.05) is 13.9 Å². The van der Waals surface area contributed by atoms with Gasteiger partial charge in [-0.2, -0.15) is 0 Å². The van der Waals surface area contributed by atoms with E-state index in [0.717, 1.165) is 29.5 Å². The Labute approximate surface area is 179 Å². The van der Waals surface area contributed by atoms with E-state index in [4.69, 9.17) is 20.6 Å². The molecule has 0 spiro atoms. The molecule has 0 amide bonds. The minimum Gasteiger partial charge on any atom is -0.467 e. The second-order valence-corrected chi connectivity index (χ2v) is 9.22. The van der Waals surface area contributed by atoms with Gasteiger partial charge in [0.25, 0.3) is 0 Å². The second-order valence-electron chi connectivity index (χ2n) is 9.22. The fraction of sp³-hybridized carbons (Fsp3) is 0.423. The van der Waals surface area contributed by atoms with Crippen LogP contribution in [0.5, 0.6) is 11.5 Å². The molecule has 0 N–H and O–H groups in total. The molecule has 30 heavy (non-hydrogen) atoms. The molecule has 0 aromatic heterocycles. The van der Waals surface area contributed by atoms with Crippen molar-refractivity contribution in [2.24, 2.45) is 0 Å². The number of terminal acetylenes is 1. The van der Waals surface area contributed by atoms with Crippen molar-refractivity contribution in [1.82, 2.24) is 0 Å². The minimum atomic E-state index is -0.725. The molecule has 4 heteroatoms. The molecule has 1 aliphatic rings. The molecule has 0 fully saturated rings. The van der Waals surface area contributed by atoms with Crippen LogP contribution in [0.2, 0.25) is 0 Å². The van der Waals surface area contributed by atoms with Crippen molar-refractivity contribution in [3.8, 4) is 35.0 Å². The highest BCUT2D eigenvalue weighted by molar-refractivity contribution is 5.90. The first-order chi connectivity index (χ1) is 14.1. The number of esters is 1. The number of aryl methyl sites for hydroxylation is 1. The highest BCUT2D eigenvalue weighted by atomic mass is 16.7. The first-order valence-corrected chi connectivity index (χ1v) is 10.2. The summed E-state index contributed by atoms with van der Waals surface area (Å²) in [5, 5.41) is 0. The lowest BCUT2D eigenvalue weighted by Gasteiger charge is -2.42. The quantitative estimate of drug-likeness (QED) is 0.215. The standard InChI is InChI=1S/C26H30O4/c1-8-24(27)30-18-9-10-23(29-16-28-7)20(14-18)19-15-22-21(13-17(19)2)25(3,4)11-12-26(22,5)6/h1,9-10,13-15H,11-12,16H2,2-7H3. The summed E-state index contributed by atoms with van der Waals surface area (Å²) in [6.45, 7) is 11.5. The number of hydrogen-bond donors (Lipinski definition) is 0. The lowest BCUT2D eigenvalue weighted by Crippen LogP contribution is -2.34. The number of hydrogen-bond acceptors (Lipinski definition) is 4. The normalized spacial score (nSPS) is 16.3. The molecule has 0 aliphatic heterocycles. The zero-order valence-corrected chi connectivity index (χ0v) is 18.7. The molecule has 0 heterocycles. The molecule has 0 atom stereocenters. The van der Waals surface area contributed by atoms with E-state index in [9.17, 15) is 4.79 Å². The van der Waals surface area contributed by atoms with Crippen molar-refractivity contribution in [2.45, 2.75) is 58.3 Å². The predicted octanol–water partition coefficient (Wildman–Crippen LogP) is 5.53. The van der Waals surface area contributed by atoms with E-state index >= 15 is 0 Å². The molecule has 0 saturated heterocycles. The van der Waals surface area contributed by atoms with E-state index in [-0.39, 0.29) is 17.6 Å². The molecule has 3 rings (SSSR count). The summed E-state index contributed by atoms with van der Waals surface area (Å²) in [5.74, 6) is 2.30. The summed E-state index contributed by atoms with van der Waals surface area (Å²) in [4.78, 5) is 11.6. The zero-order chi connectivity index (χ0) is 22.1. The first-order valence-electron chi connectivity index (χ1n) is 10.2. The molecule has 158 valence electrons. The summed E-state index contributed by atoms with van der Waals surface area (Å²) in [6, 6.07) is 9.82. The topological polar surface area (TPSA) is 44.8 Å². The monoisotopic (exact) mass is 406 g/mol. The van der Waals surface area contributed by atoms with Crippen LogP contribution in [0.4, 0.5) is 0 Å². The van der Waals surface area contributed by atoms with Crippen molar-refractivity contribution in [3.63, 3.8) is 0 Å². The van der Waals surface area contributed by atoms with Crippen molar-refractivity contribution >= 4 is 5.97 Å². The second kappa shape index (κ2) is 8.16. The number of methoxy groups -OCH3 is 1. The maximum atomic E-state index is 11.6. The van der Waals surface area contributed by atoms with Crippen LogP contribution >= 0.6 is 0 Å². The average molecular weight is 407 g/mol. The number of ether oxygens (including phenoxy) is 3. The number of carbonyl (C=O) groups is 1. The van der Waals surface area contributed by atoms with Crippen LogP contribution in [0, 0.1) is 19.3 Å². The maximum Gasteiger partial charge on any atom is 0.389 e. The Hall–Kier alpha value is -2.77. The molecule has 2 aromatic rings. The number of carbonyl (C=O) groups excluding carboxylic acids is 1. The molecular formula is C26H30O4. The van der Waals surface area contributed by atoms with Gasteiger partial charge in [0.15, 0.2) is 6.79 Å². The summed E-state index contributed by atoms with van der Waals surface area (Å²) in [6.07, 6.45) is 7.44. The Morgan fingerprint density at radius 3 is 2.27 bits per heavy atom. The third-order valence-electron chi connectivity index (χ3n) is 6.10. The number of rotatable bonds is 5. The van der Waals surface area contributed by atoms with Gasteiger partial charge >= 0.3 is 5.97 Å². The maximum absolute atomic E-state index is 11.6. The lowest BCUT2D eigenvalue weighted by molar-refractivity contribution is -0.128. The molecule has 1 aliphatic carbocycles. The zero-order valence-electron chi connectivity index (χ0n) is 18.7. The first kappa shape index (κ1) is 21.9. The fourth-order valence-corrected chi connectivity index (χ4v) is 4.18. The van der Waals surface area contributed by atoms with E-state index in [1.165, 1.54) is 11.1 Å². The summed E-state index contributed by atoms with van der Waals surface area (Å²) < 4.78 is 16.2.